The van der Waals surface area contributed by atoms with Gasteiger partial charge in [-0.05, 0) is 49.2 Å². The number of nitrogens with one attached hydrogen (secondary N) is 1. The molecule has 0 bridgehead atoms. The van der Waals surface area contributed by atoms with Crippen molar-refractivity contribution in [3.63, 3.8) is 0 Å². The summed E-state index contributed by atoms with van der Waals surface area (Å²) in [6.45, 7) is 5.22. The fourth-order valence-corrected chi connectivity index (χ4v) is 3.64. The number of halogens is 2. The Morgan fingerprint density at radius 3 is 2.07 bits per heavy atom. The predicted molar refractivity (Wildman–Crippen MR) is 100 cm³/mol. The van der Waals surface area contributed by atoms with Crippen LogP contribution in [0.3, 0.4) is 0 Å². The Bertz CT molecular complexity index is 894. The first kappa shape index (κ1) is 20.8. The molecule has 0 aromatic heterocycles. The molecule has 0 radical (unpaired) electrons. The summed E-state index contributed by atoms with van der Waals surface area (Å²) in [4.78, 5) is 14.2. The summed E-state index contributed by atoms with van der Waals surface area (Å²) in [6, 6.07) is 8.24. The highest BCUT2D eigenvalue weighted by Crippen LogP contribution is 2.19. The van der Waals surface area contributed by atoms with Crippen LogP contribution in [0.5, 0.6) is 0 Å². The molecule has 0 aliphatic carbocycles. The molecule has 5 nitrogen and oxygen atoms in total. The zero-order valence-corrected chi connectivity index (χ0v) is 16.0. The monoisotopic (exact) mass is 396 g/mol. The van der Waals surface area contributed by atoms with Crippen LogP contribution in [-0.2, 0) is 10.0 Å². The van der Waals surface area contributed by atoms with E-state index in [2.05, 4.69) is 4.72 Å². The van der Waals surface area contributed by atoms with Gasteiger partial charge < -0.3 is 4.90 Å². The lowest BCUT2D eigenvalue weighted by Gasteiger charge is -2.21. The lowest BCUT2D eigenvalue weighted by molar-refractivity contribution is 0.0755. The van der Waals surface area contributed by atoms with Crippen molar-refractivity contribution < 1.29 is 22.0 Å². The molecule has 0 unspecified atom stereocenters. The Labute approximate surface area is 158 Å². The van der Waals surface area contributed by atoms with E-state index in [0.717, 1.165) is 31.0 Å². The number of nitrogens with zero attached hydrogens (tertiary/aromatic N) is 1. The second-order valence-corrected chi connectivity index (χ2v) is 7.73. The molecule has 0 spiro atoms. The van der Waals surface area contributed by atoms with Crippen LogP contribution in [0.25, 0.3) is 0 Å². The summed E-state index contributed by atoms with van der Waals surface area (Å²) in [5.74, 6) is -2.37. The molecule has 2 rings (SSSR count). The second kappa shape index (κ2) is 8.94. The van der Waals surface area contributed by atoms with E-state index in [4.69, 9.17) is 0 Å². The summed E-state index contributed by atoms with van der Waals surface area (Å²) in [5.41, 5.74) is 0.301. The van der Waals surface area contributed by atoms with Gasteiger partial charge in [-0.15, -0.1) is 0 Å². The van der Waals surface area contributed by atoms with Crippen LogP contribution in [0.15, 0.2) is 47.4 Å². The third-order valence-electron chi connectivity index (χ3n) is 3.86. The molecule has 1 amide bonds. The van der Waals surface area contributed by atoms with Crippen molar-refractivity contribution in [3.8, 4) is 0 Å². The molecule has 0 aliphatic rings. The number of amides is 1. The molecular formula is C19H22F2N2O3S. The molecule has 2 aromatic rings. The van der Waals surface area contributed by atoms with Crippen LogP contribution >= 0.6 is 0 Å². The second-order valence-electron chi connectivity index (χ2n) is 6.05. The van der Waals surface area contributed by atoms with E-state index in [9.17, 15) is 22.0 Å². The minimum Gasteiger partial charge on any atom is -0.339 e. The number of hydrogen-bond donors (Lipinski definition) is 1. The number of anilines is 1. The van der Waals surface area contributed by atoms with Crippen LogP contribution in [0, 0.1) is 11.6 Å². The van der Waals surface area contributed by atoms with Gasteiger partial charge in [0.1, 0.15) is 0 Å². The minimum atomic E-state index is -3.99. The molecule has 0 atom stereocenters. The van der Waals surface area contributed by atoms with Gasteiger partial charge in [-0.2, -0.15) is 0 Å². The van der Waals surface area contributed by atoms with Crippen molar-refractivity contribution in [3.05, 3.63) is 59.7 Å². The third kappa shape index (κ3) is 5.26. The zero-order valence-electron chi connectivity index (χ0n) is 15.2. The molecule has 2 aromatic carbocycles. The SMILES string of the molecule is CCCN(CCC)C(=O)c1ccc(S(=O)(=O)Nc2ccc(F)c(F)c2)cc1. The Kier molecular flexibility index (Phi) is 6.90. The van der Waals surface area contributed by atoms with Crippen LogP contribution in [0.1, 0.15) is 37.0 Å². The third-order valence-corrected chi connectivity index (χ3v) is 5.25. The maximum absolute atomic E-state index is 13.2. The Morgan fingerprint density at radius 2 is 1.56 bits per heavy atom. The van der Waals surface area contributed by atoms with Gasteiger partial charge >= 0.3 is 0 Å². The Hall–Kier alpha value is -2.48. The zero-order chi connectivity index (χ0) is 20.0. The molecule has 0 saturated heterocycles. The van der Waals surface area contributed by atoms with E-state index in [1.165, 1.54) is 24.3 Å². The quantitative estimate of drug-likeness (QED) is 0.733. The van der Waals surface area contributed by atoms with Gasteiger partial charge in [0.2, 0.25) is 0 Å². The summed E-state index contributed by atoms with van der Waals surface area (Å²) in [5, 5.41) is 0. The molecule has 0 aliphatic heterocycles. The van der Waals surface area contributed by atoms with Crippen molar-refractivity contribution in [1.82, 2.24) is 4.90 Å². The summed E-state index contributed by atoms with van der Waals surface area (Å²) < 4.78 is 53.2. The number of rotatable bonds is 8. The van der Waals surface area contributed by atoms with Crippen molar-refractivity contribution >= 4 is 21.6 Å². The molecule has 0 heterocycles. The molecular weight excluding hydrogens is 374 g/mol. The summed E-state index contributed by atoms with van der Waals surface area (Å²) >= 11 is 0. The van der Waals surface area contributed by atoms with E-state index in [1.807, 2.05) is 13.8 Å². The first-order valence-electron chi connectivity index (χ1n) is 8.65. The fourth-order valence-electron chi connectivity index (χ4n) is 2.59. The molecule has 27 heavy (non-hydrogen) atoms. The van der Waals surface area contributed by atoms with E-state index >= 15 is 0 Å². The van der Waals surface area contributed by atoms with E-state index in [0.29, 0.717) is 18.7 Å². The topological polar surface area (TPSA) is 66.5 Å². The van der Waals surface area contributed by atoms with Gasteiger partial charge in [0.05, 0.1) is 10.6 Å². The number of carbonyl (C=O) groups excluding carboxylic acids is 1. The highest BCUT2D eigenvalue weighted by molar-refractivity contribution is 7.92. The van der Waals surface area contributed by atoms with Gasteiger partial charge in [0.15, 0.2) is 11.6 Å². The average molecular weight is 396 g/mol. The van der Waals surface area contributed by atoms with Gasteiger partial charge in [0.25, 0.3) is 15.9 Å². The van der Waals surface area contributed by atoms with Crippen molar-refractivity contribution in [2.24, 2.45) is 0 Å². The number of sulfonamides is 1. The van der Waals surface area contributed by atoms with Gasteiger partial charge in [0, 0.05) is 24.7 Å². The normalized spacial score (nSPS) is 11.3. The van der Waals surface area contributed by atoms with Crippen LogP contribution in [0.2, 0.25) is 0 Å². The first-order chi connectivity index (χ1) is 12.8. The summed E-state index contributed by atoms with van der Waals surface area (Å²) in [7, 11) is -3.99. The molecule has 146 valence electrons. The molecule has 1 N–H and O–H groups in total. The highest BCUT2D eigenvalue weighted by atomic mass is 32.2. The first-order valence-corrected chi connectivity index (χ1v) is 10.1. The van der Waals surface area contributed by atoms with E-state index < -0.39 is 21.7 Å². The largest absolute Gasteiger partial charge is 0.339 e. The standard InChI is InChI=1S/C19H22F2N2O3S/c1-3-11-23(12-4-2)19(24)14-5-8-16(9-6-14)27(25,26)22-15-7-10-17(20)18(21)13-15/h5-10,13,22H,3-4,11-12H2,1-2H3. The maximum Gasteiger partial charge on any atom is 0.261 e. The van der Waals surface area contributed by atoms with Crippen molar-refractivity contribution in [2.75, 3.05) is 17.8 Å². The average Bonchev–Trinajstić information content (AvgIpc) is 2.64. The highest BCUT2D eigenvalue weighted by Gasteiger charge is 2.18. The van der Waals surface area contributed by atoms with Gasteiger partial charge in [-0.3, -0.25) is 9.52 Å². The number of benzene rings is 2. The van der Waals surface area contributed by atoms with Crippen LogP contribution in [-0.4, -0.2) is 32.3 Å². The van der Waals surface area contributed by atoms with Crippen LogP contribution in [0.4, 0.5) is 14.5 Å². The lowest BCUT2D eigenvalue weighted by Crippen LogP contribution is -2.32. The minimum absolute atomic E-state index is 0.0821. The smallest absolute Gasteiger partial charge is 0.261 e. The Morgan fingerprint density at radius 1 is 0.963 bits per heavy atom. The number of hydrogen-bond acceptors (Lipinski definition) is 3. The predicted octanol–water partition coefficient (Wildman–Crippen LogP) is 4.03. The lowest BCUT2D eigenvalue weighted by atomic mass is 10.2. The van der Waals surface area contributed by atoms with Crippen molar-refractivity contribution in [1.29, 1.82) is 0 Å². The maximum atomic E-state index is 13.2. The summed E-state index contributed by atoms with van der Waals surface area (Å²) in [6.07, 6.45) is 1.66. The molecule has 8 heteroatoms. The molecule has 0 saturated carbocycles. The van der Waals surface area contributed by atoms with E-state index in [-0.39, 0.29) is 16.5 Å². The Balaban J connectivity index is 2.19. The fraction of sp³-hybridized carbons (Fsp3) is 0.316. The van der Waals surface area contributed by atoms with E-state index in [1.54, 1.807) is 4.90 Å². The molecule has 0 fully saturated rings. The van der Waals surface area contributed by atoms with Gasteiger partial charge in [-0.25, -0.2) is 17.2 Å². The van der Waals surface area contributed by atoms with Gasteiger partial charge in [-0.1, -0.05) is 13.8 Å². The van der Waals surface area contributed by atoms with Crippen LogP contribution < -0.4 is 4.72 Å². The number of carbonyl (C=O) groups is 1. The van der Waals surface area contributed by atoms with Crippen molar-refractivity contribution in [2.45, 2.75) is 31.6 Å².